The van der Waals surface area contributed by atoms with Crippen LogP contribution in [0.15, 0.2) is 54.6 Å². The summed E-state index contributed by atoms with van der Waals surface area (Å²) in [6.07, 6.45) is 1.14. The lowest BCUT2D eigenvalue weighted by molar-refractivity contribution is -0.155. The highest BCUT2D eigenvalue weighted by Gasteiger charge is 2.57. The summed E-state index contributed by atoms with van der Waals surface area (Å²) in [6, 6.07) is 18.4. The minimum atomic E-state index is -0.579. The zero-order chi connectivity index (χ0) is 18.9. The highest BCUT2D eigenvalue weighted by atomic mass is 32.2. The van der Waals surface area contributed by atoms with Gasteiger partial charge >= 0.3 is 5.97 Å². The van der Waals surface area contributed by atoms with Crippen molar-refractivity contribution in [1.29, 1.82) is 5.26 Å². The van der Waals surface area contributed by atoms with Crippen LogP contribution in [0.1, 0.15) is 29.5 Å². The number of rotatable bonds is 4. The Bertz CT molecular complexity index is 925. The molecule has 1 amide bonds. The van der Waals surface area contributed by atoms with E-state index >= 15 is 0 Å². The maximum absolute atomic E-state index is 12.7. The molecule has 2 heterocycles. The van der Waals surface area contributed by atoms with Gasteiger partial charge in [-0.05, 0) is 29.7 Å². The van der Waals surface area contributed by atoms with E-state index in [0.717, 1.165) is 11.1 Å². The SMILES string of the molecule is N#Cc1cccc(COC(=O)[C@H]2CS[C@]3(c4ccccc4)CCC(=O)N23)c1. The zero-order valence-corrected chi connectivity index (χ0v) is 15.4. The minimum absolute atomic E-state index is 0.00252. The lowest BCUT2D eigenvalue weighted by atomic mass is 10.0. The molecule has 2 atom stereocenters. The van der Waals surface area contributed by atoms with Gasteiger partial charge in [0.15, 0.2) is 0 Å². The normalized spacial score (nSPS) is 23.7. The highest BCUT2D eigenvalue weighted by molar-refractivity contribution is 8.00. The van der Waals surface area contributed by atoms with Crippen molar-refractivity contribution in [3.8, 4) is 6.07 Å². The van der Waals surface area contributed by atoms with Crippen LogP contribution in [0.25, 0.3) is 0 Å². The molecule has 5 nitrogen and oxygen atoms in total. The Morgan fingerprint density at radius 2 is 2.07 bits per heavy atom. The smallest absolute Gasteiger partial charge is 0.330 e. The van der Waals surface area contributed by atoms with Crippen LogP contribution in [0.2, 0.25) is 0 Å². The van der Waals surface area contributed by atoms with E-state index in [1.165, 1.54) is 0 Å². The molecule has 0 N–H and O–H groups in total. The Labute approximate surface area is 161 Å². The van der Waals surface area contributed by atoms with Crippen molar-refractivity contribution in [1.82, 2.24) is 4.90 Å². The largest absolute Gasteiger partial charge is 0.459 e. The molecule has 0 spiro atoms. The summed E-state index contributed by atoms with van der Waals surface area (Å²) in [5.41, 5.74) is 2.34. The van der Waals surface area contributed by atoms with Crippen molar-refractivity contribution < 1.29 is 14.3 Å². The predicted molar refractivity (Wildman–Crippen MR) is 101 cm³/mol. The van der Waals surface area contributed by atoms with Crippen molar-refractivity contribution in [3.05, 3.63) is 71.3 Å². The molecule has 6 heteroatoms. The summed E-state index contributed by atoms with van der Waals surface area (Å²) in [6.45, 7) is 0.0931. The molecule has 0 radical (unpaired) electrons. The summed E-state index contributed by atoms with van der Waals surface area (Å²) < 4.78 is 5.49. The van der Waals surface area contributed by atoms with Crippen molar-refractivity contribution in [3.63, 3.8) is 0 Å². The average molecular weight is 378 g/mol. The second-order valence-corrected chi connectivity index (χ2v) is 7.96. The van der Waals surface area contributed by atoms with Crippen molar-refractivity contribution >= 4 is 23.6 Å². The van der Waals surface area contributed by atoms with Crippen LogP contribution in [0, 0.1) is 11.3 Å². The monoisotopic (exact) mass is 378 g/mol. The molecule has 2 aliphatic heterocycles. The molecule has 2 saturated heterocycles. The number of benzene rings is 2. The number of carbonyl (C=O) groups is 2. The molecule has 2 aliphatic rings. The third-order valence-corrected chi connectivity index (χ3v) is 6.66. The molecule has 0 bridgehead atoms. The third kappa shape index (κ3) is 3.08. The predicted octanol–water partition coefficient (Wildman–Crippen LogP) is 3.19. The number of hydrogen-bond acceptors (Lipinski definition) is 5. The standard InChI is InChI=1S/C21H18N2O3S/c22-12-15-5-4-6-16(11-15)13-26-20(25)18-14-27-21(10-9-19(24)23(18)21)17-7-2-1-3-8-17/h1-8,11,18H,9-10,13-14H2/t18-,21+/m1/s1. The third-order valence-electron chi connectivity index (χ3n) is 5.06. The van der Waals surface area contributed by atoms with Gasteiger partial charge in [0.1, 0.15) is 17.5 Å². The van der Waals surface area contributed by atoms with Crippen LogP contribution in [-0.2, 0) is 25.8 Å². The van der Waals surface area contributed by atoms with Gasteiger partial charge in [-0.1, -0.05) is 42.5 Å². The average Bonchev–Trinajstić information content (AvgIpc) is 3.26. The Hall–Kier alpha value is -2.78. The number of esters is 1. The second kappa shape index (κ2) is 7.09. The van der Waals surface area contributed by atoms with Crippen molar-refractivity contribution in [2.75, 3.05) is 5.75 Å². The van der Waals surface area contributed by atoms with E-state index in [9.17, 15) is 9.59 Å². The van der Waals surface area contributed by atoms with Crippen LogP contribution in [0.4, 0.5) is 0 Å². The summed E-state index contributed by atoms with van der Waals surface area (Å²) >= 11 is 1.64. The molecular weight excluding hydrogens is 360 g/mol. The molecule has 136 valence electrons. The van der Waals surface area contributed by atoms with Crippen LogP contribution < -0.4 is 0 Å². The van der Waals surface area contributed by atoms with Gasteiger partial charge in [0.2, 0.25) is 5.91 Å². The van der Waals surface area contributed by atoms with E-state index < -0.39 is 16.9 Å². The maximum Gasteiger partial charge on any atom is 0.330 e. The fraction of sp³-hybridized carbons (Fsp3) is 0.286. The van der Waals surface area contributed by atoms with Crippen molar-refractivity contribution in [2.45, 2.75) is 30.4 Å². The number of ether oxygens (including phenoxy) is 1. The zero-order valence-electron chi connectivity index (χ0n) is 14.6. The molecule has 2 aromatic carbocycles. The first-order chi connectivity index (χ1) is 13.1. The first kappa shape index (κ1) is 17.6. The number of nitrogens with zero attached hydrogens (tertiary/aromatic N) is 2. The number of thioether (sulfide) groups is 1. The lowest BCUT2D eigenvalue weighted by Gasteiger charge is -2.33. The number of carbonyl (C=O) groups excluding carboxylic acids is 2. The van der Waals surface area contributed by atoms with Gasteiger partial charge in [0, 0.05) is 12.2 Å². The van der Waals surface area contributed by atoms with Gasteiger partial charge in [0.25, 0.3) is 0 Å². The summed E-state index contributed by atoms with van der Waals surface area (Å²) in [5.74, 6) is 0.132. The van der Waals surface area contributed by atoms with E-state index in [1.54, 1.807) is 34.9 Å². The molecule has 27 heavy (non-hydrogen) atoms. The highest BCUT2D eigenvalue weighted by Crippen LogP contribution is 2.54. The Balaban J connectivity index is 1.51. The summed E-state index contributed by atoms with van der Waals surface area (Å²) in [7, 11) is 0. The summed E-state index contributed by atoms with van der Waals surface area (Å²) in [4.78, 5) is 26.6. The Morgan fingerprint density at radius 1 is 1.26 bits per heavy atom. The fourth-order valence-electron chi connectivity index (χ4n) is 3.80. The van der Waals surface area contributed by atoms with Gasteiger partial charge in [0.05, 0.1) is 11.6 Å². The van der Waals surface area contributed by atoms with Gasteiger partial charge in [-0.15, -0.1) is 11.8 Å². The number of nitriles is 1. The lowest BCUT2D eigenvalue weighted by Crippen LogP contribution is -2.46. The van der Waals surface area contributed by atoms with E-state index in [0.29, 0.717) is 24.2 Å². The molecule has 0 unspecified atom stereocenters. The maximum atomic E-state index is 12.7. The second-order valence-electron chi connectivity index (χ2n) is 6.66. The van der Waals surface area contributed by atoms with Gasteiger partial charge in [-0.2, -0.15) is 5.26 Å². The first-order valence-corrected chi connectivity index (χ1v) is 9.80. The van der Waals surface area contributed by atoms with E-state index in [4.69, 9.17) is 10.00 Å². The molecule has 0 aliphatic carbocycles. The van der Waals surface area contributed by atoms with Gasteiger partial charge in [-0.3, -0.25) is 4.79 Å². The van der Waals surface area contributed by atoms with Gasteiger partial charge in [-0.25, -0.2) is 4.79 Å². The number of hydrogen-bond donors (Lipinski definition) is 0. The van der Waals surface area contributed by atoms with Crippen LogP contribution in [0.5, 0.6) is 0 Å². The quantitative estimate of drug-likeness (QED) is 0.764. The minimum Gasteiger partial charge on any atom is -0.459 e. The van der Waals surface area contributed by atoms with E-state index in [1.807, 2.05) is 36.4 Å². The topological polar surface area (TPSA) is 70.4 Å². The van der Waals surface area contributed by atoms with E-state index in [-0.39, 0.29) is 12.5 Å². The van der Waals surface area contributed by atoms with Crippen LogP contribution >= 0.6 is 11.8 Å². The fourth-order valence-corrected chi connectivity index (χ4v) is 5.43. The van der Waals surface area contributed by atoms with Crippen molar-refractivity contribution in [2.24, 2.45) is 0 Å². The number of fused-ring (bicyclic) bond motifs is 1. The summed E-state index contributed by atoms with van der Waals surface area (Å²) in [5, 5.41) is 8.98. The molecule has 2 fully saturated rings. The Kier molecular flexibility index (Phi) is 4.63. The molecule has 0 saturated carbocycles. The molecule has 0 aromatic heterocycles. The van der Waals surface area contributed by atoms with E-state index in [2.05, 4.69) is 6.07 Å². The Morgan fingerprint density at radius 3 is 2.85 bits per heavy atom. The number of amides is 1. The van der Waals surface area contributed by atoms with Gasteiger partial charge < -0.3 is 9.64 Å². The molecule has 4 rings (SSSR count). The van der Waals surface area contributed by atoms with Crippen LogP contribution in [0.3, 0.4) is 0 Å². The molecule has 2 aromatic rings. The molecular formula is C21H18N2O3S. The van der Waals surface area contributed by atoms with Crippen LogP contribution in [-0.4, -0.2) is 28.6 Å². The first-order valence-electron chi connectivity index (χ1n) is 8.81.